The number of nitrogens with one attached hydrogen (secondary N) is 2. The van der Waals surface area contributed by atoms with Crippen LogP contribution in [0, 0.1) is 11.6 Å². The molecule has 0 aliphatic heterocycles. The van der Waals surface area contributed by atoms with Crippen LogP contribution in [-0.4, -0.2) is 15.9 Å². The molecule has 0 saturated heterocycles. The summed E-state index contributed by atoms with van der Waals surface area (Å²) in [5.74, 6) is -0.571. The van der Waals surface area contributed by atoms with Gasteiger partial charge in [-0.2, -0.15) is 0 Å². The molecule has 0 aliphatic rings. The van der Waals surface area contributed by atoms with Crippen molar-refractivity contribution in [2.24, 2.45) is 4.99 Å². The maximum Gasteiger partial charge on any atom is 0.324 e. The van der Waals surface area contributed by atoms with Crippen molar-refractivity contribution in [2.75, 3.05) is 0 Å². The monoisotopic (exact) mass is 328 g/mol. The lowest BCUT2D eigenvalue weighted by Gasteiger charge is -2.13. The molecule has 8 heteroatoms. The van der Waals surface area contributed by atoms with E-state index in [0.29, 0.717) is 21.4 Å². The van der Waals surface area contributed by atoms with Crippen LogP contribution in [0.15, 0.2) is 28.0 Å². The van der Waals surface area contributed by atoms with Crippen molar-refractivity contribution in [1.82, 2.24) is 9.97 Å². The number of nitrogens with zero attached hydrogens (tertiary/aromatic N) is 1. The molecule has 0 saturated carbocycles. The maximum atomic E-state index is 12.1. The van der Waals surface area contributed by atoms with E-state index in [1.807, 2.05) is 0 Å². The summed E-state index contributed by atoms with van der Waals surface area (Å²) in [5.41, 5.74) is 0.376. The SMILES string of the molecule is Cc1[nH]c(=O)[nH]c(=S)c1C([O-])=Nc1ccc(Cl)c(Cl)c1. The minimum atomic E-state index is -0.571. The second kappa shape index (κ2) is 5.78. The van der Waals surface area contributed by atoms with Crippen LogP contribution < -0.4 is 10.8 Å². The molecule has 2 aromatic rings. The van der Waals surface area contributed by atoms with E-state index < -0.39 is 11.6 Å². The predicted molar refractivity (Wildman–Crippen MR) is 79.6 cm³/mol. The smallest absolute Gasteiger partial charge is 0.324 e. The van der Waals surface area contributed by atoms with Crippen molar-refractivity contribution in [1.29, 1.82) is 0 Å². The Morgan fingerprint density at radius 3 is 2.60 bits per heavy atom. The molecule has 0 atom stereocenters. The molecule has 0 radical (unpaired) electrons. The Morgan fingerprint density at radius 1 is 1.30 bits per heavy atom. The van der Waals surface area contributed by atoms with E-state index in [1.165, 1.54) is 12.1 Å². The minimum absolute atomic E-state index is 0.0417. The number of halogens is 2. The van der Waals surface area contributed by atoms with Crippen LogP contribution in [0.5, 0.6) is 0 Å². The van der Waals surface area contributed by atoms with Gasteiger partial charge >= 0.3 is 5.69 Å². The van der Waals surface area contributed by atoms with Crippen molar-refractivity contribution in [3.8, 4) is 0 Å². The van der Waals surface area contributed by atoms with Crippen molar-refractivity contribution in [3.63, 3.8) is 0 Å². The summed E-state index contributed by atoms with van der Waals surface area (Å²) in [6, 6.07) is 4.56. The molecule has 1 heterocycles. The van der Waals surface area contributed by atoms with E-state index in [1.54, 1.807) is 13.0 Å². The maximum absolute atomic E-state index is 12.1. The molecule has 0 unspecified atom stereocenters. The van der Waals surface area contributed by atoms with Crippen LogP contribution in [-0.2, 0) is 0 Å². The lowest BCUT2D eigenvalue weighted by molar-refractivity contribution is -0.212. The molecule has 0 aliphatic carbocycles. The van der Waals surface area contributed by atoms with Gasteiger partial charge in [0.1, 0.15) is 4.64 Å². The summed E-state index contributed by atoms with van der Waals surface area (Å²) in [6.45, 7) is 1.57. The molecule has 0 amide bonds. The first-order chi connectivity index (χ1) is 9.38. The first kappa shape index (κ1) is 14.8. The minimum Gasteiger partial charge on any atom is -0.858 e. The molecular weight excluding hydrogens is 321 g/mol. The van der Waals surface area contributed by atoms with E-state index in [4.69, 9.17) is 35.4 Å². The summed E-state index contributed by atoms with van der Waals surface area (Å²) in [7, 11) is 0. The van der Waals surface area contributed by atoms with Crippen molar-refractivity contribution >= 4 is 47.0 Å². The zero-order valence-electron chi connectivity index (χ0n) is 10.2. The van der Waals surface area contributed by atoms with Gasteiger partial charge < -0.3 is 10.1 Å². The highest BCUT2D eigenvalue weighted by Crippen LogP contribution is 2.26. The van der Waals surface area contributed by atoms with Gasteiger partial charge in [-0.15, -0.1) is 0 Å². The van der Waals surface area contributed by atoms with E-state index >= 15 is 0 Å². The molecule has 0 fully saturated rings. The summed E-state index contributed by atoms with van der Waals surface area (Å²) in [4.78, 5) is 19.9. The highest BCUT2D eigenvalue weighted by molar-refractivity contribution is 7.71. The van der Waals surface area contributed by atoms with Gasteiger partial charge in [-0.1, -0.05) is 35.4 Å². The van der Waals surface area contributed by atoms with Gasteiger partial charge in [0.25, 0.3) is 0 Å². The number of aromatic amines is 2. The molecule has 0 bridgehead atoms. The summed E-state index contributed by atoms with van der Waals surface area (Å²) >= 11 is 16.6. The summed E-state index contributed by atoms with van der Waals surface area (Å²) < 4.78 is 0.0417. The number of hydrogen-bond acceptors (Lipinski definition) is 4. The molecule has 104 valence electrons. The van der Waals surface area contributed by atoms with Crippen LogP contribution >= 0.6 is 35.4 Å². The van der Waals surface area contributed by atoms with Crippen molar-refractivity contribution in [3.05, 3.63) is 54.6 Å². The van der Waals surface area contributed by atoms with E-state index in [0.717, 1.165) is 0 Å². The van der Waals surface area contributed by atoms with Crippen molar-refractivity contribution < 1.29 is 5.11 Å². The van der Waals surface area contributed by atoms with Gasteiger partial charge in [-0.25, -0.2) is 4.79 Å². The molecule has 1 aromatic carbocycles. The second-order valence-electron chi connectivity index (χ2n) is 3.92. The zero-order chi connectivity index (χ0) is 14.9. The average molecular weight is 329 g/mol. The lowest BCUT2D eigenvalue weighted by Crippen LogP contribution is -2.24. The normalized spacial score (nSPS) is 11.7. The molecule has 2 rings (SSSR count). The third-order valence-corrected chi connectivity index (χ3v) is 3.52. The fourth-order valence-corrected chi connectivity index (χ4v) is 2.21. The number of aryl methyl sites for hydroxylation is 1. The molecule has 20 heavy (non-hydrogen) atoms. The Labute approximate surface area is 128 Å². The predicted octanol–water partition coefficient (Wildman–Crippen LogP) is 2.49. The fourth-order valence-electron chi connectivity index (χ4n) is 1.59. The van der Waals surface area contributed by atoms with Crippen LogP contribution in [0.4, 0.5) is 5.69 Å². The van der Waals surface area contributed by atoms with Crippen LogP contribution in [0.3, 0.4) is 0 Å². The third-order valence-electron chi connectivity index (χ3n) is 2.48. The number of rotatable bonds is 2. The second-order valence-corrected chi connectivity index (χ2v) is 5.15. The fraction of sp³-hybridized carbons (Fsp3) is 0.0833. The third kappa shape index (κ3) is 3.09. The number of H-pyrrole nitrogens is 2. The lowest BCUT2D eigenvalue weighted by atomic mass is 10.2. The van der Waals surface area contributed by atoms with Gasteiger partial charge in [-0.3, -0.25) is 9.98 Å². The molecule has 5 nitrogen and oxygen atoms in total. The van der Waals surface area contributed by atoms with E-state index in [2.05, 4.69) is 15.0 Å². The zero-order valence-corrected chi connectivity index (χ0v) is 12.5. The first-order valence-corrected chi connectivity index (χ1v) is 6.59. The topological polar surface area (TPSA) is 84.1 Å². The molecule has 2 N–H and O–H groups in total. The Balaban J connectivity index is 2.53. The largest absolute Gasteiger partial charge is 0.858 e. The summed E-state index contributed by atoms with van der Waals surface area (Å²) in [6.07, 6.45) is 0. The first-order valence-electron chi connectivity index (χ1n) is 5.43. The number of aromatic nitrogens is 2. The van der Waals surface area contributed by atoms with Crippen LogP contribution in [0.25, 0.3) is 0 Å². The Morgan fingerprint density at radius 2 is 2.00 bits per heavy atom. The Hall–Kier alpha value is -1.63. The Bertz CT molecular complexity index is 811. The highest BCUT2D eigenvalue weighted by atomic mass is 35.5. The molecular formula is C12H8Cl2N3O2S-. The highest BCUT2D eigenvalue weighted by Gasteiger charge is 2.04. The van der Waals surface area contributed by atoms with Crippen LogP contribution in [0.2, 0.25) is 10.0 Å². The number of hydrogen-bond donors (Lipinski definition) is 2. The van der Waals surface area contributed by atoms with Gasteiger partial charge in [0, 0.05) is 11.3 Å². The Kier molecular flexibility index (Phi) is 4.27. The van der Waals surface area contributed by atoms with E-state index in [9.17, 15) is 9.90 Å². The standard InChI is InChI=1S/C12H9Cl2N3O2S/c1-5-9(11(20)17-12(19)15-5)10(18)16-6-2-3-7(13)8(14)4-6/h2-4H,1H3,(H,16,18)(H2,15,17,19,20)/p-1. The van der Waals surface area contributed by atoms with Crippen molar-refractivity contribution in [2.45, 2.75) is 6.92 Å². The van der Waals surface area contributed by atoms with Gasteiger partial charge in [0.2, 0.25) is 0 Å². The molecule has 0 spiro atoms. The van der Waals surface area contributed by atoms with Gasteiger partial charge in [-0.05, 0) is 31.0 Å². The van der Waals surface area contributed by atoms with Gasteiger partial charge in [0.15, 0.2) is 0 Å². The van der Waals surface area contributed by atoms with Crippen LogP contribution in [0.1, 0.15) is 11.3 Å². The van der Waals surface area contributed by atoms with Gasteiger partial charge in [0.05, 0.1) is 15.7 Å². The number of benzene rings is 1. The van der Waals surface area contributed by atoms with E-state index in [-0.39, 0.29) is 10.2 Å². The summed E-state index contributed by atoms with van der Waals surface area (Å²) in [5, 5.41) is 12.8. The number of aliphatic imine (C=N–C) groups is 1. The average Bonchev–Trinajstić information content (AvgIpc) is 2.32. The quantitative estimate of drug-likeness (QED) is 0.504. The molecule has 1 aromatic heterocycles.